The van der Waals surface area contributed by atoms with Crippen molar-refractivity contribution >= 4 is 5.69 Å². The Morgan fingerprint density at radius 1 is 1.22 bits per heavy atom. The zero-order valence-corrected chi connectivity index (χ0v) is 12.3. The van der Waals surface area contributed by atoms with Gasteiger partial charge in [0.15, 0.2) is 0 Å². The molecule has 18 heavy (non-hydrogen) atoms. The van der Waals surface area contributed by atoms with Crippen LogP contribution in [-0.4, -0.2) is 20.6 Å². The Balaban J connectivity index is 2.87. The van der Waals surface area contributed by atoms with Crippen LogP contribution in [0.2, 0.25) is 0 Å². The van der Waals surface area contributed by atoms with Crippen LogP contribution in [0.3, 0.4) is 0 Å². The SMILES string of the molecule is CCCNC(C=C(C)C)c1ccc(N(C)C)cc1. The van der Waals surface area contributed by atoms with Crippen molar-refractivity contribution in [2.45, 2.75) is 33.2 Å². The Morgan fingerprint density at radius 3 is 2.28 bits per heavy atom. The molecule has 100 valence electrons. The van der Waals surface area contributed by atoms with Gasteiger partial charge >= 0.3 is 0 Å². The number of allylic oxidation sites excluding steroid dienone is 1. The first kappa shape index (κ1) is 14.8. The first-order valence-electron chi connectivity index (χ1n) is 6.70. The van der Waals surface area contributed by atoms with Gasteiger partial charge in [0.1, 0.15) is 0 Å². The lowest BCUT2D eigenvalue weighted by Gasteiger charge is -2.18. The molecule has 0 aliphatic rings. The van der Waals surface area contributed by atoms with Gasteiger partial charge < -0.3 is 10.2 Å². The van der Waals surface area contributed by atoms with E-state index in [0.29, 0.717) is 6.04 Å². The maximum Gasteiger partial charge on any atom is 0.0508 e. The molecule has 1 atom stereocenters. The highest BCUT2D eigenvalue weighted by Gasteiger charge is 2.07. The molecule has 0 aromatic heterocycles. The first-order valence-corrected chi connectivity index (χ1v) is 6.70. The lowest BCUT2D eigenvalue weighted by molar-refractivity contribution is 0.610. The Morgan fingerprint density at radius 2 is 1.83 bits per heavy atom. The molecular weight excluding hydrogens is 220 g/mol. The molecule has 0 bridgehead atoms. The monoisotopic (exact) mass is 246 g/mol. The van der Waals surface area contributed by atoms with Gasteiger partial charge in [-0.3, -0.25) is 0 Å². The summed E-state index contributed by atoms with van der Waals surface area (Å²) < 4.78 is 0. The molecule has 2 heteroatoms. The second-order valence-corrected chi connectivity index (χ2v) is 5.16. The normalized spacial score (nSPS) is 12.1. The molecular formula is C16H26N2. The molecule has 1 rings (SSSR count). The Hall–Kier alpha value is -1.28. The van der Waals surface area contributed by atoms with Crippen LogP contribution in [0.15, 0.2) is 35.9 Å². The molecule has 0 saturated heterocycles. The molecule has 0 fully saturated rings. The summed E-state index contributed by atoms with van der Waals surface area (Å²) >= 11 is 0. The van der Waals surface area contributed by atoms with Crippen molar-refractivity contribution < 1.29 is 0 Å². The number of hydrogen-bond donors (Lipinski definition) is 1. The molecule has 0 radical (unpaired) electrons. The molecule has 0 amide bonds. The molecule has 0 heterocycles. The van der Waals surface area contributed by atoms with Crippen molar-refractivity contribution in [2.24, 2.45) is 0 Å². The standard InChI is InChI=1S/C16H26N2/c1-6-11-17-16(12-13(2)3)14-7-9-15(10-8-14)18(4)5/h7-10,12,16-17H,6,11H2,1-5H3. The second-order valence-electron chi connectivity index (χ2n) is 5.16. The summed E-state index contributed by atoms with van der Waals surface area (Å²) in [7, 11) is 4.13. The summed E-state index contributed by atoms with van der Waals surface area (Å²) in [5.41, 5.74) is 3.92. The molecule has 0 aliphatic carbocycles. The summed E-state index contributed by atoms with van der Waals surface area (Å²) in [6, 6.07) is 9.10. The van der Waals surface area contributed by atoms with Crippen molar-refractivity contribution in [3.63, 3.8) is 0 Å². The molecule has 2 nitrogen and oxygen atoms in total. The summed E-state index contributed by atoms with van der Waals surface area (Å²) in [4.78, 5) is 2.12. The highest BCUT2D eigenvalue weighted by Crippen LogP contribution is 2.20. The molecule has 1 aromatic rings. The van der Waals surface area contributed by atoms with E-state index in [2.05, 4.69) is 75.4 Å². The number of benzene rings is 1. The minimum atomic E-state index is 0.325. The third-order valence-corrected chi connectivity index (χ3v) is 2.88. The minimum Gasteiger partial charge on any atom is -0.378 e. The molecule has 0 spiro atoms. The lowest BCUT2D eigenvalue weighted by atomic mass is 10.0. The molecule has 1 N–H and O–H groups in total. The largest absolute Gasteiger partial charge is 0.378 e. The summed E-state index contributed by atoms with van der Waals surface area (Å²) in [5, 5.41) is 3.58. The van der Waals surface area contributed by atoms with E-state index in [4.69, 9.17) is 0 Å². The molecule has 0 saturated carbocycles. The Bertz CT molecular complexity index is 373. The van der Waals surface area contributed by atoms with Gasteiger partial charge in [0.05, 0.1) is 6.04 Å². The zero-order chi connectivity index (χ0) is 13.5. The van der Waals surface area contributed by atoms with Gasteiger partial charge in [-0.15, -0.1) is 0 Å². The number of rotatable bonds is 6. The van der Waals surface area contributed by atoms with E-state index < -0.39 is 0 Å². The summed E-state index contributed by atoms with van der Waals surface area (Å²) in [5.74, 6) is 0. The van der Waals surface area contributed by atoms with E-state index in [0.717, 1.165) is 13.0 Å². The maximum atomic E-state index is 3.58. The van der Waals surface area contributed by atoms with Crippen LogP contribution < -0.4 is 10.2 Å². The van der Waals surface area contributed by atoms with Crippen molar-refractivity contribution in [1.82, 2.24) is 5.32 Å². The van der Waals surface area contributed by atoms with Gasteiger partial charge in [0, 0.05) is 19.8 Å². The number of anilines is 1. The van der Waals surface area contributed by atoms with E-state index in [1.54, 1.807) is 0 Å². The maximum absolute atomic E-state index is 3.58. The lowest BCUT2D eigenvalue weighted by Crippen LogP contribution is -2.20. The molecule has 1 aromatic carbocycles. The van der Waals surface area contributed by atoms with Gasteiger partial charge in [-0.1, -0.05) is 30.7 Å². The predicted octanol–water partition coefficient (Wildman–Crippen LogP) is 3.76. The molecule has 0 aliphatic heterocycles. The van der Waals surface area contributed by atoms with Gasteiger partial charge in [0.2, 0.25) is 0 Å². The Kier molecular flexibility index (Phi) is 5.93. The third-order valence-electron chi connectivity index (χ3n) is 2.88. The number of hydrogen-bond acceptors (Lipinski definition) is 2. The van der Waals surface area contributed by atoms with Crippen molar-refractivity contribution in [1.29, 1.82) is 0 Å². The molecule has 1 unspecified atom stereocenters. The first-order chi connectivity index (χ1) is 8.54. The zero-order valence-electron chi connectivity index (χ0n) is 12.3. The van der Waals surface area contributed by atoms with Crippen LogP contribution in [0.1, 0.15) is 38.8 Å². The van der Waals surface area contributed by atoms with Crippen LogP contribution in [-0.2, 0) is 0 Å². The smallest absolute Gasteiger partial charge is 0.0508 e. The van der Waals surface area contributed by atoms with Crippen LogP contribution >= 0.6 is 0 Å². The van der Waals surface area contributed by atoms with Crippen molar-refractivity contribution in [2.75, 3.05) is 25.5 Å². The van der Waals surface area contributed by atoms with Crippen LogP contribution in [0.5, 0.6) is 0 Å². The van der Waals surface area contributed by atoms with Gasteiger partial charge in [-0.25, -0.2) is 0 Å². The highest BCUT2D eigenvalue weighted by atomic mass is 15.1. The van der Waals surface area contributed by atoms with Crippen LogP contribution in [0.25, 0.3) is 0 Å². The summed E-state index contributed by atoms with van der Waals surface area (Å²) in [6.45, 7) is 7.54. The van der Waals surface area contributed by atoms with E-state index >= 15 is 0 Å². The van der Waals surface area contributed by atoms with E-state index in [9.17, 15) is 0 Å². The quantitative estimate of drug-likeness (QED) is 0.769. The van der Waals surface area contributed by atoms with Crippen LogP contribution in [0, 0.1) is 0 Å². The summed E-state index contributed by atoms with van der Waals surface area (Å²) in [6.07, 6.45) is 3.45. The number of nitrogens with one attached hydrogen (secondary N) is 1. The topological polar surface area (TPSA) is 15.3 Å². The fourth-order valence-electron chi connectivity index (χ4n) is 1.89. The second kappa shape index (κ2) is 7.22. The van der Waals surface area contributed by atoms with E-state index in [1.807, 2.05) is 0 Å². The average molecular weight is 246 g/mol. The minimum absolute atomic E-state index is 0.325. The van der Waals surface area contributed by atoms with E-state index in [1.165, 1.54) is 16.8 Å². The number of nitrogens with zero attached hydrogens (tertiary/aromatic N) is 1. The third kappa shape index (κ3) is 4.53. The average Bonchev–Trinajstić information content (AvgIpc) is 2.34. The van der Waals surface area contributed by atoms with Gasteiger partial charge in [-0.05, 0) is 44.5 Å². The van der Waals surface area contributed by atoms with Gasteiger partial charge in [-0.2, -0.15) is 0 Å². The fourth-order valence-corrected chi connectivity index (χ4v) is 1.89. The van der Waals surface area contributed by atoms with Crippen molar-refractivity contribution in [3.8, 4) is 0 Å². The predicted molar refractivity (Wildman–Crippen MR) is 81.2 cm³/mol. The van der Waals surface area contributed by atoms with Gasteiger partial charge in [0.25, 0.3) is 0 Å². The highest BCUT2D eigenvalue weighted by molar-refractivity contribution is 5.47. The van der Waals surface area contributed by atoms with Crippen molar-refractivity contribution in [3.05, 3.63) is 41.5 Å². The fraction of sp³-hybridized carbons (Fsp3) is 0.500. The van der Waals surface area contributed by atoms with Crippen LogP contribution in [0.4, 0.5) is 5.69 Å². The Labute approximate surface area is 112 Å². The van der Waals surface area contributed by atoms with E-state index in [-0.39, 0.29) is 0 Å².